The van der Waals surface area contributed by atoms with Crippen LogP contribution in [0.3, 0.4) is 0 Å². The Balaban J connectivity index is 2.55. The number of nitrogen functional groups attached to an aromatic ring is 1. The van der Waals surface area contributed by atoms with Gasteiger partial charge in [-0.05, 0) is 18.2 Å². The predicted molar refractivity (Wildman–Crippen MR) is 65.2 cm³/mol. The van der Waals surface area contributed by atoms with Crippen molar-refractivity contribution in [2.24, 2.45) is 0 Å². The Morgan fingerprint density at radius 1 is 1.21 bits per heavy atom. The largest absolute Gasteiger partial charge is 0.374 e. The SMILES string of the molecule is Nc1nnc(-c2cc(Br)ccc2Br)s1. The van der Waals surface area contributed by atoms with Crippen LogP contribution >= 0.6 is 43.2 Å². The van der Waals surface area contributed by atoms with Crippen molar-refractivity contribution in [2.75, 3.05) is 5.73 Å². The molecule has 1 heterocycles. The molecule has 2 rings (SSSR count). The molecule has 0 fully saturated rings. The zero-order valence-corrected chi connectivity index (χ0v) is 10.9. The van der Waals surface area contributed by atoms with E-state index in [-0.39, 0.29) is 0 Å². The quantitative estimate of drug-likeness (QED) is 0.870. The summed E-state index contributed by atoms with van der Waals surface area (Å²) in [6, 6.07) is 5.89. The van der Waals surface area contributed by atoms with Gasteiger partial charge in [0.2, 0.25) is 5.13 Å². The van der Waals surface area contributed by atoms with Gasteiger partial charge in [0.25, 0.3) is 0 Å². The van der Waals surface area contributed by atoms with Gasteiger partial charge < -0.3 is 5.73 Å². The fraction of sp³-hybridized carbons (Fsp3) is 0. The van der Waals surface area contributed by atoms with E-state index in [9.17, 15) is 0 Å². The molecule has 0 spiro atoms. The topological polar surface area (TPSA) is 51.8 Å². The Bertz CT molecular complexity index is 469. The molecule has 6 heteroatoms. The molecule has 0 aliphatic rings. The second-order valence-electron chi connectivity index (χ2n) is 2.57. The van der Waals surface area contributed by atoms with Gasteiger partial charge in [-0.2, -0.15) is 0 Å². The molecule has 0 unspecified atom stereocenters. The van der Waals surface area contributed by atoms with E-state index in [0.717, 1.165) is 19.5 Å². The Morgan fingerprint density at radius 2 is 2.00 bits per heavy atom. The van der Waals surface area contributed by atoms with Crippen molar-refractivity contribution in [3.05, 3.63) is 27.1 Å². The summed E-state index contributed by atoms with van der Waals surface area (Å²) in [5, 5.41) is 9.05. The molecule has 0 saturated carbocycles. The molecular formula is C8H5Br2N3S. The number of aromatic nitrogens is 2. The van der Waals surface area contributed by atoms with Crippen LogP contribution in [0.25, 0.3) is 10.6 Å². The van der Waals surface area contributed by atoms with E-state index >= 15 is 0 Å². The van der Waals surface area contributed by atoms with Crippen molar-refractivity contribution in [2.45, 2.75) is 0 Å². The summed E-state index contributed by atoms with van der Waals surface area (Å²) in [6.07, 6.45) is 0. The summed E-state index contributed by atoms with van der Waals surface area (Å²) < 4.78 is 1.99. The van der Waals surface area contributed by atoms with Crippen molar-refractivity contribution in [3.8, 4) is 10.6 Å². The van der Waals surface area contributed by atoms with Gasteiger partial charge in [-0.15, -0.1) is 10.2 Å². The van der Waals surface area contributed by atoms with Gasteiger partial charge >= 0.3 is 0 Å². The van der Waals surface area contributed by atoms with E-state index < -0.39 is 0 Å². The van der Waals surface area contributed by atoms with Gasteiger partial charge in [0, 0.05) is 14.5 Å². The van der Waals surface area contributed by atoms with Crippen molar-refractivity contribution in [3.63, 3.8) is 0 Å². The highest BCUT2D eigenvalue weighted by Crippen LogP contribution is 2.33. The lowest BCUT2D eigenvalue weighted by Crippen LogP contribution is -1.81. The van der Waals surface area contributed by atoms with Crippen molar-refractivity contribution < 1.29 is 0 Å². The highest BCUT2D eigenvalue weighted by Gasteiger charge is 2.08. The van der Waals surface area contributed by atoms with E-state index in [1.807, 2.05) is 18.2 Å². The lowest BCUT2D eigenvalue weighted by molar-refractivity contribution is 1.10. The highest BCUT2D eigenvalue weighted by atomic mass is 79.9. The van der Waals surface area contributed by atoms with Gasteiger partial charge in [0.05, 0.1) is 0 Å². The summed E-state index contributed by atoms with van der Waals surface area (Å²) in [5.74, 6) is 0. The molecule has 0 amide bonds. The first-order chi connectivity index (χ1) is 6.66. The predicted octanol–water partition coefficient (Wildman–Crippen LogP) is 3.31. The summed E-state index contributed by atoms with van der Waals surface area (Å²) in [4.78, 5) is 0. The Labute approximate surface area is 102 Å². The Kier molecular flexibility index (Phi) is 2.85. The minimum absolute atomic E-state index is 0.479. The number of rotatable bonds is 1. The zero-order valence-electron chi connectivity index (χ0n) is 6.87. The third-order valence-electron chi connectivity index (χ3n) is 1.60. The maximum absolute atomic E-state index is 5.52. The molecule has 3 nitrogen and oxygen atoms in total. The first kappa shape index (κ1) is 10.1. The molecule has 0 aliphatic heterocycles. The molecule has 2 aromatic rings. The number of hydrogen-bond donors (Lipinski definition) is 1. The van der Waals surface area contributed by atoms with Gasteiger partial charge in [0.15, 0.2) is 5.01 Å². The molecule has 0 bridgehead atoms. The first-order valence-corrected chi connectivity index (χ1v) is 6.11. The highest BCUT2D eigenvalue weighted by molar-refractivity contribution is 9.11. The van der Waals surface area contributed by atoms with Crippen LogP contribution in [-0.2, 0) is 0 Å². The molecule has 1 aromatic heterocycles. The van der Waals surface area contributed by atoms with Crippen LogP contribution in [0.2, 0.25) is 0 Å². The lowest BCUT2D eigenvalue weighted by Gasteiger charge is -1.99. The number of benzene rings is 1. The molecule has 72 valence electrons. The maximum Gasteiger partial charge on any atom is 0.203 e. The van der Waals surface area contributed by atoms with Crippen LogP contribution in [0, 0.1) is 0 Å². The Hall–Kier alpha value is -0.460. The smallest absolute Gasteiger partial charge is 0.203 e. The second-order valence-corrected chi connectivity index (χ2v) is 5.35. The van der Waals surface area contributed by atoms with Gasteiger partial charge in [-0.1, -0.05) is 43.2 Å². The van der Waals surface area contributed by atoms with Gasteiger partial charge in [-0.25, -0.2) is 0 Å². The number of nitrogens with zero attached hydrogens (tertiary/aromatic N) is 2. The van der Waals surface area contributed by atoms with Crippen LogP contribution in [0.4, 0.5) is 5.13 Å². The van der Waals surface area contributed by atoms with Crippen molar-refractivity contribution in [1.29, 1.82) is 0 Å². The van der Waals surface area contributed by atoms with E-state index in [1.54, 1.807) is 0 Å². The molecule has 0 atom stereocenters. The summed E-state index contributed by atoms with van der Waals surface area (Å²) in [7, 11) is 0. The third kappa shape index (κ3) is 1.97. The van der Waals surface area contributed by atoms with Gasteiger partial charge in [-0.3, -0.25) is 0 Å². The summed E-state index contributed by atoms with van der Waals surface area (Å²) >= 11 is 8.23. The molecule has 0 radical (unpaired) electrons. The first-order valence-electron chi connectivity index (χ1n) is 3.71. The van der Waals surface area contributed by atoms with E-state index in [1.165, 1.54) is 11.3 Å². The van der Waals surface area contributed by atoms with Crippen molar-refractivity contribution in [1.82, 2.24) is 10.2 Å². The minimum atomic E-state index is 0.479. The average Bonchev–Trinajstić information content (AvgIpc) is 2.56. The lowest BCUT2D eigenvalue weighted by atomic mass is 10.2. The fourth-order valence-corrected chi connectivity index (χ4v) is 2.57. The molecular weight excluding hydrogens is 330 g/mol. The van der Waals surface area contributed by atoms with Crippen molar-refractivity contribution >= 4 is 48.3 Å². The molecule has 0 saturated heterocycles. The fourth-order valence-electron chi connectivity index (χ4n) is 1.00. The number of halogens is 2. The number of nitrogens with two attached hydrogens (primary N) is 1. The van der Waals surface area contributed by atoms with Crippen LogP contribution < -0.4 is 5.73 Å². The molecule has 0 aliphatic carbocycles. The molecule has 14 heavy (non-hydrogen) atoms. The number of anilines is 1. The monoisotopic (exact) mass is 333 g/mol. The second kappa shape index (κ2) is 3.96. The van der Waals surface area contributed by atoms with Crippen LogP contribution in [0.15, 0.2) is 27.1 Å². The van der Waals surface area contributed by atoms with Gasteiger partial charge in [0.1, 0.15) is 0 Å². The standard InChI is InChI=1S/C8H5Br2N3S/c9-4-1-2-6(10)5(3-4)7-12-13-8(11)14-7/h1-3H,(H2,11,13). The van der Waals surface area contributed by atoms with Crippen LogP contribution in [0.1, 0.15) is 0 Å². The number of hydrogen-bond acceptors (Lipinski definition) is 4. The zero-order chi connectivity index (χ0) is 10.1. The van der Waals surface area contributed by atoms with E-state index in [4.69, 9.17) is 5.73 Å². The van der Waals surface area contributed by atoms with E-state index in [0.29, 0.717) is 5.13 Å². The summed E-state index contributed by atoms with van der Waals surface area (Å²) in [6.45, 7) is 0. The van der Waals surface area contributed by atoms with E-state index in [2.05, 4.69) is 42.1 Å². The summed E-state index contributed by atoms with van der Waals surface area (Å²) in [5.41, 5.74) is 6.52. The molecule has 2 N–H and O–H groups in total. The van der Waals surface area contributed by atoms with Crippen LogP contribution in [-0.4, -0.2) is 10.2 Å². The Morgan fingerprint density at radius 3 is 2.64 bits per heavy atom. The van der Waals surface area contributed by atoms with Crippen LogP contribution in [0.5, 0.6) is 0 Å². The normalized spacial score (nSPS) is 10.4. The minimum Gasteiger partial charge on any atom is -0.374 e. The third-order valence-corrected chi connectivity index (χ3v) is 3.57. The average molecular weight is 335 g/mol. The maximum atomic E-state index is 5.52. The molecule has 1 aromatic carbocycles.